The number of carboxylic acid groups (broad SMARTS) is 1. The molecule has 0 aliphatic carbocycles. The lowest BCUT2D eigenvalue weighted by Crippen LogP contribution is -2.61. The van der Waals surface area contributed by atoms with Crippen LogP contribution < -0.4 is 43.0 Å². The Labute approximate surface area is 338 Å². The summed E-state index contributed by atoms with van der Waals surface area (Å²) in [6.07, 6.45) is 2.74. The lowest BCUT2D eigenvalue weighted by atomic mass is 9.96. The first-order chi connectivity index (χ1) is 25.2. The first-order valence-electron chi connectivity index (χ1n) is 17.6. The van der Waals surface area contributed by atoms with Gasteiger partial charge in [0, 0.05) is 17.3 Å². The molecule has 0 saturated carbocycles. The second-order valence-corrected chi connectivity index (χ2v) is 15.6. The maximum Gasteiger partial charge on any atom is 0.326 e. The molecule has 0 aromatic rings. The fourth-order valence-electron chi connectivity index (χ4n) is 4.68. The highest BCUT2D eigenvalue weighted by Gasteiger charge is 2.35. The van der Waals surface area contributed by atoms with Gasteiger partial charge in [0.05, 0.1) is 6.04 Å². The van der Waals surface area contributed by atoms with Crippen LogP contribution in [0.15, 0.2) is 0 Å². The largest absolute Gasteiger partial charge is 0.480 e. The second kappa shape index (κ2) is 26.1. The van der Waals surface area contributed by atoms with E-state index in [1.807, 2.05) is 6.26 Å². The molecule has 17 nitrogen and oxygen atoms in total. The van der Waals surface area contributed by atoms with Gasteiger partial charge in [0.25, 0.3) is 0 Å². The molecule has 10 N–H and O–H groups in total. The number of thiol groups is 3. The number of hydrogen-bond acceptors (Lipinski definition) is 13. The monoisotopic (exact) mass is 840 g/mol. The van der Waals surface area contributed by atoms with Gasteiger partial charge in [-0.05, 0) is 43.1 Å². The van der Waals surface area contributed by atoms with Crippen molar-refractivity contribution in [3.05, 3.63) is 0 Å². The van der Waals surface area contributed by atoms with Gasteiger partial charge in [-0.15, -0.1) is 0 Å². The Morgan fingerprint density at radius 1 is 0.574 bits per heavy atom. The summed E-state index contributed by atoms with van der Waals surface area (Å²) in [6, 6.07) is -9.06. The summed E-state index contributed by atoms with van der Waals surface area (Å²) in [4.78, 5) is 103. The zero-order valence-corrected chi connectivity index (χ0v) is 35.6. The highest BCUT2D eigenvalue weighted by atomic mass is 32.2. The van der Waals surface area contributed by atoms with Crippen molar-refractivity contribution in [1.29, 1.82) is 0 Å². The smallest absolute Gasteiger partial charge is 0.326 e. The first kappa shape index (κ1) is 51.1. The van der Waals surface area contributed by atoms with Crippen molar-refractivity contribution in [2.75, 3.05) is 29.3 Å². The van der Waals surface area contributed by atoms with Gasteiger partial charge >= 0.3 is 5.97 Å². The summed E-state index contributed by atoms with van der Waals surface area (Å²) in [7, 11) is 0. The Bertz CT molecular complexity index is 1300. The molecule has 0 bridgehead atoms. The average Bonchev–Trinajstić information content (AvgIpc) is 3.12. The molecule has 0 aromatic heterocycles. The molecule has 21 heteroatoms. The third-order valence-electron chi connectivity index (χ3n) is 8.44. The molecule has 0 radical (unpaired) electrons. The molecule has 7 amide bonds. The van der Waals surface area contributed by atoms with Crippen LogP contribution in [0.5, 0.6) is 0 Å². The summed E-state index contributed by atoms with van der Waals surface area (Å²) in [5, 5.41) is 27.2. The molecular formula is C33H60N8O9S4. The third-order valence-corrected chi connectivity index (χ3v) is 10.2. The lowest BCUT2D eigenvalue weighted by Gasteiger charge is -2.29. The minimum absolute atomic E-state index is 0.0836. The number of carbonyl (C=O) groups is 8. The van der Waals surface area contributed by atoms with Gasteiger partial charge in [-0.1, -0.05) is 48.0 Å². The van der Waals surface area contributed by atoms with E-state index in [4.69, 9.17) is 5.73 Å². The third kappa shape index (κ3) is 17.3. The van der Waals surface area contributed by atoms with Gasteiger partial charge in [-0.2, -0.15) is 49.6 Å². The van der Waals surface area contributed by atoms with Crippen LogP contribution in [-0.4, -0.2) is 130 Å². The number of carbonyl (C=O) groups excluding carboxylic acids is 7. The van der Waals surface area contributed by atoms with Crippen molar-refractivity contribution in [2.24, 2.45) is 23.5 Å². The normalized spacial score (nSPS) is 16.3. The van der Waals surface area contributed by atoms with Gasteiger partial charge < -0.3 is 48.1 Å². The fourth-order valence-corrected chi connectivity index (χ4v) is 5.94. The number of carboxylic acids is 1. The van der Waals surface area contributed by atoms with Crippen LogP contribution in [0.3, 0.4) is 0 Å². The molecule has 0 heterocycles. The molecule has 9 atom stereocenters. The Kier molecular flexibility index (Phi) is 24.7. The fraction of sp³-hybridized carbons (Fsp3) is 0.758. The van der Waals surface area contributed by atoms with E-state index < -0.39 is 113 Å². The Balaban J connectivity index is 5.61. The average molecular weight is 841 g/mol. The van der Waals surface area contributed by atoms with Crippen LogP contribution in [0.25, 0.3) is 0 Å². The molecule has 0 aliphatic rings. The number of rotatable bonds is 25. The predicted octanol–water partition coefficient (Wildman–Crippen LogP) is -1.29. The molecule has 310 valence electrons. The summed E-state index contributed by atoms with van der Waals surface area (Å²) < 4.78 is 0. The van der Waals surface area contributed by atoms with Crippen molar-refractivity contribution in [3.63, 3.8) is 0 Å². The number of thioether (sulfide) groups is 1. The van der Waals surface area contributed by atoms with Crippen molar-refractivity contribution in [2.45, 2.75) is 110 Å². The highest BCUT2D eigenvalue weighted by Crippen LogP contribution is 2.11. The van der Waals surface area contributed by atoms with Crippen molar-refractivity contribution >= 4 is 97.0 Å². The SMILES string of the molecule is CC[C@H](C)[C@H](NC(=O)[C@H](CS)NC(=O)[C@H](C)NC(=O)[C@@H](NC(=O)[C@H](CS)NC(=O)[C@H](CS)NC(=O)[C@@H](N)CCSC)C(C)C)C(=O)N[C@H](C(=O)O)C(C)C. The van der Waals surface area contributed by atoms with E-state index in [1.54, 1.807) is 41.5 Å². The maximum absolute atomic E-state index is 13.3. The first-order valence-corrected chi connectivity index (χ1v) is 20.9. The quantitative estimate of drug-likeness (QED) is 0.0482. The molecule has 0 aromatic carbocycles. The van der Waals surface area contributed by atoms with Gasteiger partial charge in [0.15, 0.2) is 0 Å². The summed E-state index contributed by atoms with van der Waals surface area (Å²) in [6.45, 7) is 11.4. The molecule has 0 spiro atoms. The number of aliphatic carboxylic acids is 1. The Hall–Kier alpha value is -2.88. The van der Waals surface area contributed by atoms with Crippen molar-refractivity contribution in [1.82, 2.24) is 37.2 Å². The highest BCUT2D eigenvalue weighted by molar-refractivity contribution is 7.98. The number of hydrogen-bond donors (Lipinski definition) is 12. The minimum atomic E-state index is -1.24. The van der Waals surface area contributed by atoms with Crippen molar-refractivity contribution in [3.8, 4) is 0 Å². The van der Waals surface area contributed by atoms with Crippen LogP contribution in [0.2, 0.25) is 0 Å². The van der Waals surface area contributed by atoms with Crippen LogP contribution in [0, 0.1) is 17.8 Å². The minimum Gasteiger partial charge on any atom is -0.480 e. The topological polar surface area (TPSA) is 267 Å². The molecule has 0 unspecified atom stereocenters. The Morgan fingerprint density at radius 2 is 0.963 bits per heavy atom. The van der Waals surface area contributed by atoms with E-state index in [9.17, 15) is 43.5 Å². The molecule has 0 rings (SSSR count). The second-order valence-electron chi connectivity index (χ2n) is 13.5. The molecule has 54 heavy (non-hydrogen) atoms. The van der Waals surface area contributed by atoms with E-state index in [-0.39, 0.29) is 17.3 Å². The predicted molar refractivity (Wildman–Crippen MR) is 218 cm³/mol. The van der Waals surface area contributed by atoms with Crippen LogP contribution in [-0.2, 0) is 38.4 Å². The van der Waals surface area contributed by atoms with Gasteiger partial charge in [0.2, 0.25) is 41.4 Å². The zero-order valence-electron chi connectivity index (χ0n) is 32.1. The zero-order chi connectivity index (χ0) is 41.9. The van der Waals surface area contributed by atoms with Gasteiger partial charge in [-0.3, -0.25) is 33.6 Å². The van der Waals surface area contributed by atoms with Crippen molar-refractivity contribution < 1.29 is 43.5 Å². The number of nitrogens with two attached hydrogens (primary N) is 1. The van der Waals surface area contributed by atoms with Crippen LogP contribution in [0.1, 0.15) is 61.3 Å². The summed E-state index contributed by atoms with van der Waals surface area (Å²) in [5.41, 5.74) is 5.89. The van der Waals surface area contributed by atoms with Crippen LogP contribution >= 0.6 is 49.6 Å². The van der Waals surface area contributed by atoms with E-state index in [0.717, 1.165) is 0 Å². The summed E-state index contributed by atoms with van der Waals surface area (Å²) >= 11 is 14.0. The van der Waals surface area contributed by atoms with Crippen LogP contribution in [0.4, 0.5) is 0 Å². The lowest BCUT2D eigenvalue weighted by molar-refractivity contribution is -0.144. The molecule has 0 saturated heterocycles. The standard InChI is InChI=1S/C33H60N8O9S4/c1-9-17(6)25(32(48)40-24(16(4)5)33(49)50)41-30(46)21(13-52)36-26(42)18(7)35-31(47)23(15(2)3)39-29(45)22(14-53)38-28(44)20(12-51)37-27(43)19(34)10-11-54-8/h15-25,51-53H,9-14,34H2,1-8H3,(H,35,47)(H,36,42)(H,37,43)(H,38,44)(H,39,45)(H,40,48)(H,41,46)(H,49,50)/t17-,18-,19-,20-,21-,22-,23-,24-,25-/m0/s1. The van der Waals surface area contributed by atoms with E-state index >= 15 is 0 Å². The maximum atomic E-state index is 13.3. The van der Waals surface area contributed by atoms with E-state index in [1.165, 1.54) is 18.7 Å². The summed E-state index contributed by atoms with van der Waals surface area (Å²) in [5.74, 6) is -7.25. The molecular weight excluding hydrogens is 781 g/mol. The number of nitrogens with one attached hydrogen (secondary N) is 7. The Morgan fingerprint density at radius 3 is 1.37 bits per heavy atom. The van der Waals surface area contributed by atoms with Gasteiger partial charge in [-0.25, -0.2) is 4.79 Å². The van der Waals surface area contributed by atoms with E-state index in [2.05, 4.69) is 75.1 Å². The van der Waals surface area contributed by atoms with Gasteiger partial charge in [0.1, 0.15) is 42.3 Å². The molecule has 0 fully saturated rings. The number of amides is 7. The van der Waals surface area contributed by atoms with E-state index in [0.29, 0.717) is 18.6 Å². The molecule has 0 aliphatic heterocycles.